The van der Waals surface area contributed by atoms with Crippen LogP contribution in [0, 0.1) is 5.82 Å². The number of hydrogen-bond acceptors (Lipinski definition) is 4. The van der Waals surface area contributed by atoms with E-state index in [4.69, 9.17) is 0 Å². The fraction of sp³-hybridized carbons (Fsp3) is 0.0667. The molecule has 174 valence electrons. The van der Waals surface area contributed by atoms with E-state index < -0.39 is 5.82 Å². The van der Waals surface area contributed by atoms with Crippen molar-refractivity contribution in [1.29, 1.82) is 0 Å². The third-order valence-electron chi connectivity index (χ3n) is 5.44. The van der Waals surface area contributed by atoms with Gasteiger partial charge in [-0.05, 0) is 106 Å². The summed E-state index contributed by atoms with van der Waals surface area (Å²) < 4.78 is 14.8. The van der Waals surface area contributed by atoms with Crippen molar-refractivity contribution in [2.45, 2.75) is 23.6 Å². The SMILES string of the molecule is C=C(C)C(=O)Sc1ccc(-c2ccc(-c3ccc(SC(=O)C(=C)C)c(F)c3)c3ccccc23)cc1. The summed E-state index contributed by atoms with van der Waals surface area (Å²) in [6, 6.07) is 24.9. The minimum Gasteiger partial charge on any atom is -0.282 e. The number of thioether (sulfide) groups is 2. The van der Waals surface area contributed by atoms with E-state index in [9.17, 15) is 14.0 Å². The van der Waals surface area contributed by atoms with Gasteiger partial charge in [-0.15, -0.1) is 0 Å². The Morgan fingerprint density at radius 2 is 1.20 bits per heavy atom. The fourth-order valence-electron chi connectivity index (χ4n) is 3.64. The number of rotatable bonds is 6. The molecule has 4 aromatic carbocycles. The molecular weight excluding hydrogens is 475 g/mol. The maximum atomic E-state index is 14.8. The van der Waals surface area contributed by atoms with Crippen molar-refractivity contribution in [2.24, 2.45) is 0 Å². The second kappa shape index (κ2) is 10.5. The number of carbonyl (C=O) groups excluding carboxylic acids is 2. The third kappa shape index (κ3) is 5.47. The van der Waals surface area contributed by atoms with Crippen molar-refractivity contribution in [3.05, 3.63) is 109 Å². The van der Waals surface area contributed by atoms with E-state index in [0.717, 1.165) is 61.4 Å². The molecule has 4 rings (SSSR count). The minimum atomic E-state index is -0.437. The van der Waals surface area contributed by atoms with Crippen molar-refractivity contribution in [2.75, 3.05) is 0 Å². The third-order valence-corrected chi connectivity index (χ3v) is 7.57. The lowest BCUT2D eigenvalue weighted by Crippen LogP contribution is -1.94. The molecule has 0 N–H and O–H groups in total. The molecule has 35 heavy (non-hydrogen) atoms. The Labute approximate surface area is 213 Å². The average molecular weight is 499 g/mol. The highest BCUT2D eigenvalue weighted by Gasteiger charge is 2.14. The Hall–Kier alpha value is -3.41. The van der Waals surface area contributed by atoms with E-state index in [1.165, 1.54) is 6.07 Å². The van der Waals surface area contributed by atoms with Gasteiger partial charge in [0.05, 0.1) is 4.90 Å². The first-order chi connectivity index (χ1) is 16.7. The Morgan fingerprint density at radius 3 is 1.74 bits per heavy atom. The molecule has 0 aliphatic heterocycles. The van der Waals surface area contributed by atoms with E-state index in [1.54, 1.807) is 19.9 Å². The van der Waals surface area contributed by atoms with Crippen LogP contribution in [0.15, 0.2) is 113 Å². The van der Waals surface area contributed by atoms with Crippen LogP contribution in [0.5, 0.6) is 0 Å². The molecule has 0 bridgehead atoms. The summed E-state index contributed by atoms with van der Waals surface area (Å²) in [7, 11) is 0. The molecule has 4 aromatic rings. The molecule has 0 aliphatic carbocycles. The molecular formula is C30H23FO2S2. The Bertz CT molecular complexity index is 1490. The van der Waals surface area contributed by atoms with E-state index in [2.05, 4.69) is 13.2 Å². The smallest absolute Gasteiger partial charge is 0.219 e. The maximum absolute atomic E-state index is 14.8. The topological polar surface area (TPSA) is 34.1 Å². The van der Waals surface area contributed by atoms with Crippen LogP contribution >= 0.6 is 23.5 Å². The van der Waals surface area contributed by atoms with Gasteiger partial charge < -0.3 is 0 Å². The van der Waals surface area contributed by atoms with Crippen LogP contribution in [-0.2, 0) is 9.59 Å². The first-order valence-electron chi connectivity index (χ1n) is 10.9. The standard InChI is InChI=1S/C30H23FO2S2/c1-18(2)29(32)34-22-12-9-20(10-13-22)23-14-15-24(26-8-6-5-7-25(23)26)21-11-16-28(27(31)17-21)35-30(33)19(3)4/h5-17H,1,3H2,2,4H3. The first-order valence-corrected chi connectivity index (χ1v) is 12.6. The van der Waals surface area contributed by atoms with Crippen LogP contribution in [-0.4, -0.2) is 10.2 Å². The number of carbonyl (C=O) groups is 2. The molecule has 0 radical (unpaired) electrons. The van der Waals surface area contributed by atoms with Crippen molar-refractivity contribution in [1.82, 2.24) is 0 Å². The van der Waals surface area contributed by atoms with Gasteiger partial charge in [0, 0.05) is 4.90 Å². The highest BCUT2D eigenvalue weighted by molar-refractivity contribution is 8.14. The minimum absolute atomic E-state index is 0.0480. The molecule has 0 spiro atoms. The number of halogens is 1. The quantitative estimate of drug-likeness (QED) is 0.197. The summed E-state index contributed by atoms with van der Waals surface area (Å²) in [5, 5.41) is 1.74. The molecule has 0 saturated carbocycles. The van der Waals surface area contributed by atoms with Gasteiger partial charge in [0.25, 0.3) is 0 Å². The van der Waals surface area contributed by atoms with Crippen molar-refractivity contribution >= 4 is 44.5 Å². The van der Waals surface area contributed by atoms with E-state index in [0.29, 0.717) is 11.1 Å². The highest BCUT2D eigenvalue weighted by atomic mass is 32.2. The predicted octanol–water partition coefficient (Wildman–Crippen LogP) is 8.70. The highest BCUT2D eigenvalue weighted by Crippen LogP contribution is 2.37. The van der Waals surface area contributed by atoms with Gasteiger partial charge in [0.2, 0.25) is 10.2 Å². The van der Waals surface area contributed by atoms with Crippen molar-refractivity contribution in [3.8, 4) is 22.3 Å². The zero-order valence-corrected chi connectivity index (χ0v) is 21.1. The summed E-state index contributed by atoms with van der Waals surface area (Å²) in [6.07, 6.45) is 0. The second-order valence-corrected chi connectivity index (χ2v) is 10.3. The molecule has 0 heterocycles. The predicted molar refractivity (Wildman–Crippen MR) is 146 cm³/mol. The van der Waals surface area contributed by atoms with Crippen LogP contribution in [0.3, 0.4) is 0 Å². The molecule has 0 fully saturated rings. The molecule has 0 unspecified atom stereocenters. The molecule has 0 saturated heterocycles. The molecule has 0 aromatic heterocycles. The van der Waals surface area contributed by atoms with Gasteiger partial charge in [-0.3, -0.25) is 9.59 Å². The lowest BCUT2D eigenvalue weighted by molar-refractivity contribution is -0.108. The van der Waals surface area contributed by atoms with E-state index >= 15 is 0 Å². The maximum Gasteiger partial charge on any atom is 0.219 e. The number of benzene rings is 4. The molecule has 0 atom stereocenters. The summed E-state index contributed by atoms with van der Waals surface area (Å²) in [5.74, 6) is -0.437. The normalized spacial score (nSPS) is 10.8. The lowest BCUT2D eigenvalue weighted by Gasteiger charge is -2.13. The lowest BCUT2D eigenvalue weighted by atomic mass is 9.92. The molecule has 5 heteroatoms. The van der Waals surface area contributed by atoms with Gasteiger partial charge in [0.1, 0.15) is 5.82 Å². The van der Waals surface area contributed by atoms with Gasteiger partial charge in [-0.2, -0.15) is 0 Å². The zero-order chi connectivity index (χ0) is 25.1. The van der Waals surface area contributed by atoms with Gasteiger partial charge in [-0.25, -0.2) is 4.39 Å². The Kier molecular flexibility index (Phi) is 7.39. The van der Waals surface area contributed by atoms with E-state index in [1.807, 2.05) is 66.7 Å². The largest absolute Gasteiger partial charge is 0.282 e. The van der Waals surface area contributed by atoms with E-state index in [-0.39, 0.29) is 15.1 Å². The van der Waals surface area contributed by atoms with Crippen molar-refractivity contribution in [3.63, 3.8) is 0 Å². The van der Waals surface area contributed by atoms with Crippen molar-refractivity contribution < 1.29 is 14.0 Å². The van der Waals surface area contributed by atoms with Crippen LogP contribution in [0.2, 0.25) is 0 Å². The summed E-state index contributed by atoms with van der Waals surface area (Å²) in [5.41, 5.74) is 4.62. The summed E-state index contributed by atoms with van der Waals surface area (Å²) in [6.45, 7) is 10.6. The zero-order valence-electron chi connectivity index (χ0n) is 19.4. The molecule has 0 aliphatic rings. The van der Waals surface area contributed by atoms with Gasteiger partial charge in [-0.1, -0.05) is 67.8 Å². The monoisotopic (exact) mass is 498 g/mol. The van der Waals surface area contributed by atoms with Crippen LogP contribution in [0.25, 0.3) is 33.0 Å². The first kappa shape index (κ1) is 24.7. The number of fused-ring (bicyclic) bond motifs is 1. The number of hydrogen-bond donors (Lipinski definition) is 0. The average Bonchev–Trinajstić information content (AvgIpc) is 2.85. The summed E-state index contributed by atoms with van der Waals surface area (Å²) in [4.78, 5) is 25.0. The van der Waals surface area contributed by atoms with Crippen LogP contribution in [0.1, 0.15) is 13.8 Å². The van der Waals surface area contributed by atoms with Crippen LogP contribution in [0.4, 0.5) is 4.39 Å². The van der Waals surface area contributed by atoms with Gasteiger partial charge in [0.15, 0.2) is 0 Å². The van der Waals surface area contributed by atoms with Gasteiger partial charge >= 0.3 is 0 Å². The van der Waals surface area contributed by atoms with Crippen LogP contribution < -0.4 is 0 Å². The Balaban J connectivity index is 1.70. The molecule has 0 amide bonds. The second-order valence-electron chi connectivity index (χ2n) is 8.22. The Morgan fingerprint density at radius 1 is 0.686 bits per heavy atom. The fourth-order valence-corrected chi connectivity index (χ4v) is 4.96. The molecule has 2 nitrogen and oxygen atoms in total. The summed E-state index contributed by atoms with van der Waals surface area (Å²) >= 11 is 2.02.